The third-order valence-corrected chi connectivity index (χ3v) is 2.89. The van der Waals surface area contributed by atoms with Crippen LogP contribution >= 0.6 is 0 Å². The van der Waals surface area contributed by atoms with Gasteiger partial charge in [0.05, 0.1) is 0 Å². The Kier molecular flexibility index (Phi) is 2.37. The van der Waals surface area contributed by atoms with Crippen LogP contribution in [0.4, 0.5) is 0 Å². The van der Waals surface area contributed by atoms with Crippen LogP contribution in [-0.4, -0.2) is 7.35 Å². The van der Waals surface area contributed by atoms with E-state index in [1.807, 2.05) is 48.5 Å². The second-order valence-electron chi connectivity index (χ2n) is 3.86. The van der Waals surface area contributed by atoms with Gasteiger partial charge in [-0.25, -0.2) is 0 Å². The van der Waals surface area contributed by atoms with Gasteiger partial charge in [0, 0.05) is 0 Å². The van der Waals surface area contributed by atoms with E-state index in [1.165, 1.54) is 0 Å². The zero-order chi connectivity index (χ0) is 11.7. The van der Waals surface area contributed by atoms with E-state index in [4.69, 9.17) is 4.65 Å². The molecule has 0 fully saturated rings. The van der Waals surface area contributed by atoms with Gasteiger partial charge in [-0.2, -0.15) is 0 Å². The van der Waals surface area contributed by atoms with Crippen LogP contribution in [0.2, 0.25) is 0 Å². The van der Waals surface area contributed by atoms with Crippen LogP contribution in [0.3, 0.4) is 0 Å². The predicted molar refractivity (Wildman–Crippen MR) is 68.5 cm³/mol. The summed E-state index contributed by atoms with van der Waals surface area (Å²) in [4.78, 5) is 0. The van der Waals surface area contributed by atoms with Crippen molar-refractivity contribution in [3.63, 3.8) is 0 Å². The Bertz CT molecular complexity index is 653. The predicted octanol–water partition coefficient (Wildman–Crippen LogP) is 3.34. The minimum absolute atomic E-state index is 0.480. The van der Waals surface area contributed by atoms with Gasteiger partial charge in [0.25, 0.3) is 0 Å². The molecule has 0 radical (unpaired) electrons. The fraction of sp³-hybridized carbons (Fsp3) is 0. The Morgan fingerprint density at radius 2 is 1.35 bits per heavy atom. The summed E-state index contributed by atoms with van der Waals surface area (Å²) >= 11 is 0. The van der Waals surface area contributed by atoms with E-state index in [1.54, 1.807) is 0 Å². The number of hydrogen-bond donors (Lipinski definition) is 0. The fourth-order valence-corrected chi connectivity index (χ4v) is 2.15. The molecule has 0 N–H and O–H groups in total. The van der Waals surface area contributed by atoms with Crippen molar-refractivity contribution in [2.45, 2.75) is 0 Å². The Morgan fingerprint density at radius 3 is 1.88 bits per heavy atom. The maximum atomic E-state index is 10.6. The van der Waals surface area contributed by atoms with Crippen LogP contribution in [0.5, 0.6) is 5.75 Å². The molecule has 3 aromatic carbocycles. The van der Waals surface area contributed by atoms with E-state index in [-0.39, 0.29) is 0 Å². The van der Waals surface area contributed by atoms with Crippen LogP contribution < -0.4 is 4.65 Å². The minimum atomic E-state index is 0.480. The monoisotopic (exact) mass is 220 g/mol. The van der Waals surface area contributed by atoms with E-state index >= 15 is 0 Å². The second-order valence-corrected chi connectivity index (χ2v) is 3.86. The first kappa shape index (κ1) is 10.0. The molecule has 0 aliphatic carbocycles. The molecular formula is C14H9BO2. The van der Waals surface area contributed by atoms with Gasteiger partial charge in [-0.05, 0) is 0 Å². The average Bonchev–Trinajstić information content (AvgIpc) is 2.39. The summed E-state index contributed by atoms with van der Waals surface area (Å²) in [5, 5.41) is 4.06. The van der Waals surface area contributed by atoms with Crippen molar-refractivity contribution < 1.29 is 9.36 Å². The third kappa shape index (κ3) is 1.60. The van der Waals surface area contributed by atoms with Gasteiger partial charge >= 0.3 is 98.6 Å². The van der Waals surface area contributed by atoms with Crippen molar-refractivity contribution >= 4 is 28.9 Å². The van der Waals surface area contributed by atoms with Gasteiger partial charge in [-0.3, -0.25) is 0 Å². The number of fused-ring (bicyclic) bond motifs is 2. The van der Waals surface area contributed by atoms with E-state index in [0.29, 0.717) is 13.1 Å². The van der Waals surface area contributed by atoms with E-state index < -0.39 is 0 Å². The molecule has 0 unspecified atom stereocenters. The molecule has 0 aliphatic rings. The molecule has 0 saturated carbocycles. The van der Waals surface area contributed by atoms with Gasteiger partial charge < -0.3 is 0 Å². The quantitative estimate of drug-likeness (QED) is 0.489. The molecule has 3 aromatic rings. The van der Waals surface area contributed by atoms with Gasteiger partial charge in [0.2, 0.25) is 0 Å². The Labute approximate surface area is 99.1 Å². The topological polar surface area (TPSA) is 26.3 Å². The van der Waals surface area contributed by atoms with Crippen LogP contribution in [0, 0.1) is 0 Å². The molecule has 17 heavy (non-hydrogen) atoms. The first-order valence-electron chi connectivity index (χ1n) is 5.41. The average molecular weight is 220 g/mol. The molecule has 80 valence electrons. The molecule has 3 heteroatoms. The van der Waals surface area contributed by atoms with Gasteiger partial charge in [-0.15, -0.1) is 0 Å². The van der Waals surface area contributed by atoms with Crippen molar-refractivity contribution in [3.8, 4) is 5.75 Å². The van der Waals surface area contributed by atoms with E-state index in [9.17, 15) is 4.70 Å². The molecule has 0 amide bonds. The SMILES string of the molecule is O=BOc1c2ccccc2cc2ccccc12. The van der Waals surface area contributed by atoms with E-state index in [2.05, 4.69) is 6.07 Å². The van der Waals surface area contributed by atoms with E-state index in [0.717, 1.165) is 21.5 Å². The van der Waals surface area contributed by atoms with Crippen LogP contribution in [0.25, 0.3) is 21.5 Å². The summed E-state index contributed by atoms with van der Waals surface area (Å²) < 4.78 is 15.8. The summed E-state index contributed by atoms with van der Waals surface area (Å²) in [5.41, 5.74) is 0. The Morgan fingerprint density at radius 1 is 0.824 bits per heavy atom. The summed E-state index contributed by atoms with van der Waals surface area (Å²) in [6, 6.07) is 17.9. The molecule has 0 aromatic heterocycles. The van der Waals surface area contributed by atoms with Crippen molar-refractivity contribution in [1.82, 2.24) is 0 Å². The second kappa shape index (κ2) is 4.02. The first-order valence-corrected chi connectivity index (χ1v) is 5.41. The molecule has 3 rings (SSSR count). The zero-order valence-corrected chi connectivity index (χ0v) is 9.09. The normalized spacial score (nSPS) is 10.4. The standard InChI is InChI=1S/C14H9BO2/c16-15-17-14-12-7-3-1-5-10(12)9-11-6-2-4-8-13(11)14/h1-9H. The van der Waals surface area contributed by atoms with Crippen molar-refractivity contribution in [2.75, 3.05) is 0 Å². The van der Waals surface area contributed by atoms with Crippen LogP contribution in [-0.2, 0) is 4.70 Å². The fourth-order valence-electron chi connectivity index (χ4n) is 2.15. The molecule has 0 bridgehead atoms. The maximum absolute atomic E-state index is 10.6. The number of hydrogen-bond acceptors (Lipinski definition) is 2. The summed E-state index contributed by atoms with van der Waals surface area (Å²) in [6.07, 6.45) is 0. The number of benzene rings is 3. The zero-order valence-electron chi connectivity index (χ0n) is 9.09. The third-order valence-electron chi connectivity index (χ3n) is 2.89. The summed E-state index contributed by atoms with van der Waals surface area (Å²) in [7, 11) is 0.480. The van der Waals surface area contributed by atoms with Crippen molar-refractivity contribution in [1.29, 1.82) is 0 Å². The Hall–Kier alpha value is -2.16. The molecule has 0 spiro atoms. The molecule has 0 saturated heterocycles. The first-order chi connectivity index (χ1) is 8.40. The Balaban J connectivity index is 2.51. The van der Waals surface area contributed by atoms with Gasteiger partial charge in [0.15, 0.2) is 0 Å². The van der Waals surface area contributed by atoms with Crippen LogP contribution in [0.15, 0.2) is 54.6 Å². The molecule has 0 heterocycles. The molecule has 2 nitrogen and oxygen atoms in total. The van der Waals surface area contributed by atoms with Crippen molar-refractivity contribution in [2.24, 2.45) is 0 Å². The van der Waals surface area contributed by atoms with Gasteiger partial charge in [-0.1, -0.05) is 0 Å². The summed E-state index contributed by atoms with van der Waals surface area (Å²) in [5.74, 6) is 0.633. The summed E-state index contributed by atoms with van der Waals surface area (Å²) in [6.45, 7) is 0. The van der Waals surface area contributed by atoms with Crippen molar-refractivity contribution in [3.05, 3.63) is 54.6 Å². The molecule has 0 atom stereocenters. The van der Waals surface area contributed by atoms with Gasteiger partial charge in [0.1, 0.15) is 0 Å². The van der Waals surface area contributed by atoms with Crippen LogP contribution in [0.1, 0.15) is 0 Å². The number of rotatable bonds is 2. The molecule has 0 aliphatic heterocycles. The molecular weight excluding hydrogens is 211 g/mol.